The fourth-order valence-corrected chi connectivity index (χ4v) is 3.16. The van der Waals surface area contributed by atoms with Crippen LogP contribution in [0.15, 0.2) is 66.9 Å². The van der Waals surface area contributed by atoms with Crippen molar-refractivity contribution in [1.29, 1.82) is 0 Å². The summed E-state index contributed by atoms with van der Waals surface area (Å²) in [6, 6.07) is 20.1. The van der Waals surface area contributed by atoms with Crippen LogP contribution in [0.4, 0.5) is 0 Å². The normalized spacial score (nSPS) is 13.4. The Kier molecular flexibility index (Phi) is 3.24. The van der Waals surface area contributed by atoms with E-state index in [9.17, 15) is 0 Å². The van der Waals surface area contributed by atoms with Gasteiger partial charge < -0.3 is 9.47 Å². The van der Waals surface area contributed by atoms with Gasteiger partial charge in [0.05, 0.1) is 24.2 Å². The first-order valence-corrected chi connectivity index (χ1v) is 8.13. The first kappa shape index (κ1) is 14.2. The van der Waals surface area contributed by atoms with E-state index >= 15 is 0 Å². The Labute approximate surface area is 144 Å². The summed E-state index contributed by atoms with van der Waals surface area (Å²) in [5.74, 6) is 0.859. The van der Waals surface area contributed by atoms with E-state index in [4.69, 9.17) is 14.6 Å². The number of nitrogens with zero attached hydrogens (tertiary/aromatic N) is 3. The van der Waals surface area contributed by atoms with Crippen LogP contribution in [0.2, 0.25) is 0 Å². The largest absolute Gasteiger partial charge is 0.467 e. The minimum atomic E-state index is 0.292. The predicted octanol–water partition coefficient (Wildman–Crippen LogP) is 3.93. The van der Waals surface area contributed by atoms with Crippen molar-refractivity contribution in [2.45, 2.75) is 6.61 Å². The molecule has 0 unspecified atom stereocenters. The number of hydrogen-bond donors (Lipinski definition) is 0. The third kappa shape index (κ3) is 2.37. The number of hydrogen-bond acceptors (Lipinski definition) is 4. The molecule has 5 nitrogen and oxygen atoms in total. The van der Waals surface area contributed by atoms with Crippen LogP contribution in [0.25, 0.3) is 28.2 Å². The van der Waals surface area contributed by atoms with E-state index < -0.39 is 0 Å². The molecule has 5 rings (SSSR count). The summed E-state index contributed by atoms with van der Waals surface area (Å²) in [7, 11) is 0. The van der Waals surface area contributed by atoms with E-state index in [0.717, 1.165) is 39.5 Å². The van der Waals surface area contributed by atoms with Crippen LogP contribution in [0.5, 0.6) is 5.75 Å². The molecule has 0 saturated carbocycles. The van der Waals surface area contributed by atoms with Gasteiger partial charge >= 0.3 is 0 Å². The van der Waals surface area contributed by atoms with Crippen LogP contribution in [0.3, 0.4) is 0 Å². The standard InChI is InChI=1S/C20H15N3O2/c1-2-5-14(6-3-1)17-9-10-20-21-11-18(23(20)22-17)15-7-4-8-19-16(15)12-24-13-25-19/h1-11H,12-13H2. The first-order chi connectivity index (χ1) is 12.4. The molecule has 0 aliphatic carbocycles. The summed E-state index contributed by atoms with van der Waals surface area (Å²) < 4.78 is 12.9. The van der Waals surface area contributed by atoms with E-state index in [2.05, 4.69) is 23.2 Å². The molecular formula is C20H15N3O2. The number of fused-ring (bicyclic) bond motifs is 2. The Bertz CT molecular complexity index is 1060. The minimum Gasteiger partial charge on any atom is -0.467 e. The Morgan fingerprint density at radius 1 is 0.920 bits per heavy atom. The minimum absolute atomic E-state index is 0.292. The Morgan fingerprint density at radius 2 is 1.84 bits per heavy atom. The second-order valence-corrected chi connectivity index (χ2v) is 5.89. The molecule has 0 bridgehead atoms. The summed E-state index contributed by atoms with van der Waals surface area (Å²) >= 11 is 0. The second kappa shape index (κ2) is 5.72. The SMILES string of the molecule is c1ccc(-c2ccc3ncc(-c4cccc5c4COCO5)n3n2)cc1. The molecule has 4 aromatic rings. The third-order valence-electron chi connectivity index (χ3n) is 4.39. The molecule has 1 aliphatic heterocycles. The van der Waals surface area contributed by atoms with Gasteiger partial charge in [-0.25, -0.2) is 9.50 Å². The lowest BCUT2D eigenvalue weighted by molar-refractivity contribution is -0.0160. The molecule has 0 fully saturated rings. The molecule has 0 saturated heterocycles. The average molecular weight is 329 g/mol. The molecule has 2 aromatic heterocycles. The van der Waals surface area contributed by atoms with Crippen molar-refractivity contribution >= 4 is 5.65 Å². The van der Waals surface area contributed by atoms with Crippen molar-refractivity contribution in [3.63, 3.8) is 0 Å². The Morgan fingerprint density at radius 3 is 2.76 bits per heavy atom. The van der Waals surface area contributed by atoms with E-state index in [-0.39, 0.29) is 0 Å². The average Bonchev–Trinajstić information content (AvgIpc) is 3.11. The predicted molar refractivity (Wildman–Crippen MR) is 94.1 cm³/mol. The molecule has 0 N–H and O–H groups in total. The quantitative estimate of drug-likeness (QED) is 0.559. The second-order valence-electron chi connectivity index (χ2n) is 5.89. The lowest BCUT2D eigenvalue weighted by atomic mass is 10.0. The van der Waals surface area contributed by atoms with Crippen LogP contribution in [0.1, 0.15) is 5.56 Å². The number of rotatable bonds is 2. The number of ether oxygens (including phenoxy) is 2. The Hall–Kier alpha value is -3.18. The molecule has 1 aliphatic rings. The Balaban J connectivity index is 1.70. The summed E-state index contributed by atoms with van der Waals surface area (Å²) in [5.41, 5.74) is 5.78. The summed E-state index contributed by atoms with van der Waals surface area (Å²) in [6.45, 7) is 0.817. The molecule has 2 aromatic carbocycles. The highest BCUT2D eigenvalue weighted by atomic mass is 16.7. The number of imidazole rings is 1. The number of aromatic nitrogens is 3. The lowest BCUT2D eigenvalue weighted by Gasteiger charge is -2.20. The summed E-state index contributed by atoms with van der Waals surface area (Å²) in [4.78, 5) is 4.50. The fourth-order valence-electron chi connectivity index (χ4n) is 3.16. The van der Waals surface area contributed by atoms with Gasteiger partial charge in [0, 0.05) is 16.7 Å². The zero-order valence-corrected chi connectivity index (χ0v) is 13.4. The first-order valence-electron chi connectivity index (χ1n) is 8.13. The summed E-state index contributed by atoms with van der Waals surface area (Å²) in [6.07, 6.45) is 1.85. The van der Waals surface area contributed by atoms with Crippen molar-refractivity contribution in [3.8, 4) is 28.3 Å². The highest BCUT2D eigenvalue weighted by molar-refractivity contribution is 5.70. The number of benzene rings is 2. The molecule has 0 atom stereocenters. The van der Waals surface area contributed by atoms with Crippen LogP contribution in [0, 0.1) is 0 Å². The summed E-state index contributed by atoms with van der Waals surface area (Å²) in [5, 5.41) is 4.80. The zero-order valence-electron chi connectivity index (χ0n) is 13.4. The van der Waals surface area contributed by atoms with Gasteiger partial charge in [-0.15, -0.1) is 0 Å². The van der Waals surface area contributed by atoms with Gasteiger partial charge in [-0.05, 0) is 18.2 Å². The van der Waals surface area contributed by atoms with Crippen LogP contribution < -0.4 is 4.74 Å². The van der Waals surface area contributed by atoms with Crippen LogP contribution >= 0.6 is 0 Å². The van der Waals surface area contributed by atoms with Crippen molar-refractivity contribution < 1.29 is 9.47 Å². The molecule has 0 spiro atoms. The maximum Gasteiger partial charge on any atom is 0.189 e. The molecule has 25 heavy (non-hydrogen) atoms. The third-order valence-corrected chi connectivity index (χ3v) is 4.39. The van der Waals surface area contributed by atoms with Gasteiger partial charge in [-0.2, -0.15) is 5.10 Å². The smallest absolute Gasteiger partial charge is 0.189 e. The van der Waals surface area contributed by atoms with Crippen molar-refractivity contribution in [1.82, 2.24) is 14.6 Å². The molecule has 0 radical (unpaired) electrons. The van der Waals surface area contributed by atoms with E-state index in [1.54, 1.807) is 0 Å². The fraction of sp³-hybridized carbons (Fsp3) is 0.100. The van der Waals surface area contributed by atoms with Gasteiger partial charge in [-0.1, -0.05) is 42.5 Å². The van der Waals surface area contributed by atoms with E-state index in [0.29, 0.717) is 13.4 Å². The van der Waals surface area contributed by atoms with Gasteiger partial charge in [0.25, 0.3) is 0 Å². The monoisotopic (exact) mass is 329 g/mol. The molecule has 0 amide bonds. The molecule has 5 heteroatoms. The van der Waals surface area contributed by atoms with Crippen molar-refractivity contribution in [2.75, 3.05) is 6.79 Å². The molecular weight excluding hydrogens is 314 g/mol. The maximum absolute atomic E-state index is 5.59. The highest BCUT2D eigenvalue weighted by Crippen LogP contribution is 2.33. The van der Waals surface area contributed by atoms with Gasteiger partial charge in [-0.3, -0.25) is 0 Å². The lowest BCUT2D eigenvalue weighted by Crippen LogP contribution is -2.12. The van der Waals surface area contributed by atoms with Crippen LogP contribution in [-0.4, -0.2) is 21.4 Å². The van der Waals surface area contributed by atoms with Gasteiger partial charge in [0.15, 0.2) is 12.4 Å². The van der Waals surface area contributed by atoms with Gasteiger partial charge in [0.1, 0.15) is 5.75 Å². The zero-order chi connectivity index (χ0) is 16.6. The van der Waals surface area contributed by atoms with Crippen LogP contribution in [-0.2, 0) is 11.3 Å². The van der Waals surface area contributed by atoms with E-state index in [1.807, 2.05) is 53.2 Å². The van der Waals surface area contributed by atoms with Crippen molar-refractivity contribution in [2.24, 2.45) is 0 Å². The maximum atomic E-state index is 5.59. The molecule has 122 valence electrons. The topological polar surface area (TPSA) is 48.7 Å². The van der Waals surface area contributed by atoms with Crippen molar-refractivity contribution in [3.05, 3.63) is 72.4 Å². The highest BCUT2D eigenvalue weighted by Gasteiger charge is 2.18. The molecule has 3 heterocycles. The van der Waals surface area contributed by atoms with Gasteiger partial charge in [0.2, 0.25) is 0 Å². The van der Waals surface area contributed by atoms with E-state index in [1.165, 1.54) is 0 Å².